The summed E-state index contributed by atoms with van der Waals surface area (Å²) in [6, 6.07) is 12.3. The first-order chi connectivity index (χ1) is 15.8. The summed E-state index contributed by atoms with van der Waals surface area (Å²) in [5, 5.41) is 12.6. The van der Waals surface area contributed by atoms with Crippen LogP contribution in [0.5, 0.6) is 5.88 Å². The molecule has 1 aliphatic heterocycles. The number of hydrogen-bond acceptors (Lipinski definition) is 7. The number of Topliss-reactive ketones (excluding diaryl/α,β-unsaturated/α-hetero) is 1. The Morgan fingerprint density at radius 2 is 1.97 bits per heavy atom. The Labute approximate surface area is 191 Å². The van der Waals surface area contributed by atoms with Gasteiger partial charge in [0.15, 0.2) is 18.2 Å². The Bertz CT molecular complexity index is 1240. The van der Waals surface area contributed by atoms with Crippen LogP contribution >= 0.6 is 0 Å². The molecule has 0 aliphatic carbocycles. The molecule has 168 valence electrons. The lowest BCUT2D eigenvalue weighted by Crippen LogP contribution is -2.33. The number of rotatable bonds is 6. The minimum atomic E-state index is -0.457. The third-order valence-corrected chi connectivity index (χ3v) is 5.37. The van der Waals surface area contributed by atoms with Gasteiger partial charge in [0.05, 0.1) is 18.5 Å². The van der Waals surface area contributed by atoms with Crippen molar-refractivity contribution >= 4 is 17.4 Å². The van der Waals surface area contributed by atoms with Gasteiger partial charge in [-0.15, -0.1) is 0 Å². The molecule has 33 heavy (non-hydrogen) atoms. The summed E-state index contributed by atoms with van der Waals surface area (Å²) >= 11 is 0. The number of carbonyl (C=O) groups is 2. The highest BCUT2D eigenvalue weighted by atomic mass is 16.5. The van der Waals surface area contributed by atoms with Crippen LogP contribution in [-0.2, 0) is 22.6 Å². The highest BCUT2D eigenvalue weighted by Crippen LogP contribution is 2.38. The van der Waals surface area contributed by atoms with Gasteiger partial charge >= 0.3 is 0 Å². The molecule has 0 saturated heterocycles. The van der Waals surface area contributed by atoms with Crippen LogP contribution in [0.25, 0.3) is 11.5 Å². The zero-order valence-electron chi connectivity index (χ0n) is 18.6. The van der Waals surface area contributed by atoms with E-state index in [-0.39, 0.29) is 30.4 Å². The second-order valence-corrected chi connectivity index (χ2v) is 8.38. The van der Waals surface area contributed by atoms with Crippen LogP contribution in [0.4, 0.5) is 5.69 Å². The van der Waals surface area contributed by atoms with Crippen LogP contribution in [0, 0.1) is 11.3 Å². The predicted molar refractivity (Wildman–Crippen MR) is 120 cm³/mol. The predicted octanol–water partition coefficient (Wildman–Crippen LogP) is 4.28. The van der Waals surface area contributed by atoms with E-state index in [1.807, 2.05) is 13.8 Å². The van der Waals surface area contributed by atoms with Gasteiger partial charge in [0, 0.05) is 23.2 Å². The lowest BCUT2D eigenvalue weighted by molar-refractivity contribution is -0.118. The number of ketones is 1. The minimum absolute atomic E-state index is 0.0559. The molecule has 2 aromatic heterocycles. The number of furan rings is 1. The average molecular weight is 445 g/mol. The number of anilines is 1. The molecule has 0 saturated carbocycles. The largest absolute Gasteiger partial charge is 0.467 e. The fourth-order valence-corrected chi connectivity index (χ4v) is 3.70. The summed E-state index contributed by atoms with van der Waals surface area (Å²) in [7, 11) is 0. The molecule has 4 rings (SSSR count). The number of nitrogens with zero attached hydrogens (tertiary/aromatic N) is 2. The van der Waals surface area contributed by atoms with Crippen molar-refractivity contribution in [2.75, 3.05) is 11.9 Å². The van der Waals surface area contributed by atoms with Gasteiger partial charge in [0.1, 0.15) is 17.3 Å². The standard InChI is InChI=1S/C25H23N3O5/c1-15(29)16-6-8-17(9-7-16)27-22(30)14-32-24-19(12-26)18-11-25(2,3)33-13-20(18)23(28-24)21-5-4-10-31-21/h4-10H,11,13-14H2,1-3H3,(H,27,30). The van der Waals surface area contributed by atoms with E-state index in [0.29, 0.717) is 29.1 Å². The fraction of sp³-hybridized carbons (Fsp3) is 0.280. The second kappa shape index (κ2) is 8.88. The molecular formula is C25H23N3O5. The average Bonchev–Trinajstić information content (AvgIpc) is 3.31. The van der Waals surface area contributed by atoms with Crippen molar-refractivity contribution in [1.82, 2.24) is 4.98 Å². The van der Waals surface area contributed by atoms with E-state index in [4.69, 9.17) is 13.9 Å². The first-order valence-corrected chi connectivity index (χ1v) is 10.4. The van der Waals surface area contributed by atoms with E-state index >= 15 is 0 Å². The zero-order valence-corrected chi connectivity index (χ0v) is 18.6. The van der Waals surface area contributed by atoms with E-state index in [0.717, 1.165) is 11.1 Å². The SMILES string of the molecule is CC(=O)c1ccc(NC(=O)COc2nc(-c3ccco3)c3c(c2C#N)CC(C)(C)OC3)cc1. The van der Waals surface area contributed by atoms with Gasteiger partial charge in [-0.25, -0.2) is 4.98 Å². The smallest absolute Gasteiger partial charge is 0.262 e. The van der Waals surface area contributed by atoms with Crippen LogP contribution in [0.2, 0.25) is 0 Å². The second-order valence-electron chi connectivity index (χ2n) is 8.38. The molecule has 8 heteroatoms. The summed E-state index contributed by atoms with van der Waals surface area (Å²) in [4.78, 5) is 28.4. The maximum absolute atomic E-state index is 12.5. The quantitative estimate of drug-likeness (QED) is 0.563. The van der Waals surface area contributed by atoms with E-state index in [2.05, 4.69) is 16.4 Å². The van der Waals surface area contributed by atoms with Gasteiger partial charge in [-0.05, 0) is 62.7 Å². The van der Waals surface area contributed by atoms with Crippen LogP contribution in [0.15, 0.2) is 47.1 Å². The van der Waals surface area contributed by atoms with E-state index in [9.17, 15) is 14.9 Å². The number of hydrogen-bond donors (Lipinski definition) is 1. The van der Waals surface area contributed by atoms with Crippen molar-refractivity contribution in [3.05, 3.63) is 64.9 Å². The molecule has 0 bridgehead atoms. The maximum atomic E-state index is 12.5. The monoisotopic (exact) mass is 445 g/mol. The van der Waals surface area contributed by atoms with Crippen molar-refractivity contribution in [2.24, 2.45) is 0 Å². The number of nitrogens with one attached hydrogen (secondary N) is 1. The Balaban J connectivity index is 1.59. The number of pyridine rings is 1. The molecule has 1 amide bonds. The highest BCUT2D eigenvalue weighted by molar-refractivity contribution is 5.96. The van der Waals surface area contributed by atoms with Gasteiger partial charge < -0.3 is 19.2 Å². The Morgan fingerprint density at radius 3 is 2.61 bits per heavy atom. The third kappa shape index (κ3) is 4.78. The van der Waals surface area contributed by atoms with Gasteiger partial charge in [0.2, 0.25) is 5.88 Å². The summed E-state index contributed by atoms with van der Waals surface area (Å²) in [6.45, 7) is 5.33. The Hall–Kier alpha value is -3.96. The number of aromatic nitrogens is 1. The number of carbonyl (C=O) groups excluding carboxylic acids is 2. The molecule has 0 unspecified atom stereocenters. The Morgan fingerprint density at radius 1 is 1.21 bits per heavy atom. The molecule has 3 heterocycles. The summed E-state index contributed by atoms with van der Waals surface area (Å²) in [5.41, 5.74) is 3.01. The number of ether oxygens (including phenoxy) is 2. The summed E-state index contributed by atoms with van der Waals surface area (Å²) in [6.07, 6.45) is 2.03. The van der Waals surface area contributed by atoms with Crippen molar-refractivity contribution in [2.45, 2.75) is 39.4 Å². The van der Waals surface area contributed by atoms with E-state index < -0.39 is 11.5 Å². The van der Waals surface area contributed by atoms with Crippen LogP contribution in [-0.4, -0.2) is 28.9 Å². The van der Waals surface area contributed by atoms with E-state index in [1.54, 1.807) is 42.7 Å². The molecule has 8 nitrogen and oxygen atoms in total. The molecule has 1 N–H and O–H groups in total. The summed E-state index contributed by atoms with van der Waals surface area (Å²) < 4.78 is 17.2. The molecule has 1 aromatic carbocycles. The number of fused-ring (bicyclic) bond motifs is 1. The molecular weight excluding hydrogens is 422 g/mol. The van der Waals surface area contributed by atoms with Gasteiger partial charge in [-0.1, -0.05) is 0 Å². The van der Waals surface area contributed by atoms with Gasteiger partial charge in [-0.3, -0.25) is 9.59 Å². The van der Waals surface area contributed by atoms with Crippen molar-refractivity contribution < 1.29 is 23.5 Å². The van der Waals surface area contributed by atoms with E-state index in [1.165, 1.54) is 6.92 Å². The van der Waals surface area contributed by atoms with Crippen LogP contribution in [0.1, 0.15) is 47.8 Å². The van der Waals surface area contributed by atoms with Crippen LogP contribution < -0.4 is 10.1 Å². The zero-order chi connectivity index (χ0) is 23.6. The molecule has 0 spiro atoms. The normalized spacial score (nSPS) is 14.1. The topological polar surface area (TPSA) is 114 Å². The van der Waals surface area contributed by atoms with Gasteiger partial charge in [-0.2, -0.15) is 5.26 Å². The van der Waals surface area contributed by atoms with Gasteiger partial charge in [0.25, 0.3) is 5.91 Å². The van der Waals surface area contributed by atoms with Crippen LogP contribution in [0.3, 0.4) is 0 Å². The number of amides is 1. The number of benzene rings is 1. The molecule has 0 fully saturated rings. The number of nitriles is 1. The highest BCUT2D eigenvalue weighted by Gasteiger charge is 2.33. The summed E-state index contributed by atoms with van der Waals surface area (Å²) in [5.74, 6) is 0.123. The lowest BCUT2D eigenvalue weighted by Gasteiger charge is -2.33. The fourth-order valence-electron chi connectivity index (χ4n) is 3.70. The van der Waals surface area contributed by atoms with Crippen molar-refractivity contribution in [3.8, 4) is 23.4 Å². The molecule has 0 radical (unpaired) electrons. The molecule has 0 atom stereocenters. The maximum Gasteiger partial charge on any atom is 0.262 e. The van der Waals surface area contributed by atoms with Crippen molar-refractivity contribution in [1.29, 1.82) is 5.26 Å². The van der Waals surface area contributed by atoms with Crippen molar-refractivity contribution in [3.63, 3.8) is 0 Å². The Kier molecular flexibility index (Phi) is 5.99. The minimum Gasteiger partial charge on any atom is -0.467 e. The lowest BCUT2D eigenvalue weighted by atomic mass is 9.88. The first kappa shape index (κ1) is 22.2. The molecule has 1 aliphatic rings. The first-order valence-electron chi connectivity index (χ1n) is 10.4. The molecule has 3 aromatic rings. The third-order valence-electron chi connectivity index (χ3n) is 5.37.